The molecule has 0 aromatic rings. The second-order valence-electron chi connectivity index (χ2n) is 4.83. The Balaban J connectivity index is 2.24. The fraction of sp³-hybridized carbons (Fsp3) is 0.833. The van der Waals surface area contributed by atoms with Gasteiger partial charge in [-0.25, -0.2) is 4.79 Å². The van der Waals surface area contributed by atoms with E-state index in [1.165, 1.54) is 0 Å². The highest BCUT2D eigenvalue weighted by Crippen LogP contribution is 2.18. The summed E-state index contributed by atoms with van der Waals surface area (Å²) < 4.78 is 5.27. The van der Waals surface area contributed by atoms with Gasteiger partial charge in [0.15, 0.2) is 0 Å². The molecule has 1 aliphatic heterocycles. The first-order valence-electron chi connectivity index (χ1n) is 6.35. The monoisotopic (exact) mass is 258 g/mol. The third-order valence-electron chi connectivity index (χ3n) is 3.32. The van der Waals surface area contributed by atoms with Crippen molar-refractivity contribution < 1.29 is 19.4 Å². The SMILES string of the molecule is CC(CNC(=O)NC(C)C1CCOCC1)C(=O)O. The summed E-state index contributed by atoms with van der Waals surface area (Å²) in [5.74, 6) is -1.05. The van der Waals surface area contributed by atoms with Crippen LogP contribution in [0, 0.1) is 11.8 Å². The van der Waals surface area contributed by atoms with Crippen molar-refractivity contribution in [2.24, 2.45) is 11.8 Å². The molecule has 18 heavy (non-hydrogen) atoms. The van der Waals surface area contributed by atoms with Crippen molar-refractivity contribution in [3.8, 4) is 0 Å². The Bertz CT molecular complexity index is 290. The van der Waals surface area contributed by atoms with Crippen LogP contribution in [0.4, 0.5) is 4.79 Å². The predicted octanol–water partition coefficient (Wildman–Crippen LogP) is 0.821. The Morgan fingerprint density at radius 2 is 1.94 bits per heavy atom. The minimum absolute atomic E-state index is 0.0778. The topological polar surface area (TPSA) is 87.7 Å². The fourth-order valence-electron chi connectivity index (χ4n) is 1.92. The van der Waals surface area contributed by atoms with E-state index in [1.807, 2.05) is 6.92 Å². The Hall–Kier alpha value is -1.30. The van der Waals surface area contributed by atoms with E-state index in [0.717, 1.165) is 26.1 Å². The average Bonchev–Trinajstić information content (AvgIpc) is 2.36. The number of ether oxygens (including phenoxy) is 1. The second-order valence-corrected chi connectivity index (χ2v) is 4.83. The number of hydrogen-bond donors (Lipinski definition) is 3. The number of carbonyl (C=O) groups excluding carboxylic acids is 1. The molecule has 0 radical (unpaired) electrons. The molecule has 0 spiro atoms. The maximum Gasteiger partial charge on any atom is 0.315 e. The molecular formula is C12H22N2O4. The summed E-state index contributed by atoms with van der Waals surface area (Å²) in [6.07, 6.45) is 1.90. The van der Waals surface area contributed by atoms with Crippen LogP contribution in [0.2, 0.25) is 0 Å². The molecule has 1 aliphatic rings. The Morgan fingerprint density at radius 3 is 2.50 bits per heavy atom. The van der Waals surface area contributed by atoms with Crippen molar-refractivity contribution in [1.82, 2.24) is 10.6 Å². The summed E-state index contributed by atoms with van der Waals surface area (Å²) in [6, 6.07) is -0.226. The summed E-state index contributed by atoms with van der Waals surface area (Å²) in [5, 5.41) is 14.1. The van der Waals surface area contributed by atoms with Crippen molar-refractivity contribution in [2.75, 3.05) is 19.8 Å². The van der Waals surface area contributed by atoms with E-state index in [9.17, 15) is 9.59 Å². The van der Waals surface area contributed by atoms with Crippen LogP contribution in [0.1, 0.15) is 26.7 Å². The van der Waals surface area contributed by atoms with Gasteiger partial charge in [-0.2, -0.15) is 0 Å². The normalized spacial score (nSPS) is 19.9. The zero-order valence-corrected chi connectivity index (χ0v) is 10.9. The summed E-state index contributed by atoms with van der Waals surface area (Å²) in [7, 11) is 0. The molecule has 0 aliphatic carbocycles. The smallest absolute Gasteiger partial charge is 0.315 e. The predicted molar refractivity (Wildman–Crippen MR) is 66.3 cm³/mol. The molecule has 6 nitrogen and oxygen atoms in total. The van der Waals surface area contributed by atoms with Crippen LogP contribution in [0.15, 0.2) is 0 Å². The lowest BCUT2D eigenvalue weighted by molar-refractivity contribution is -0.140. The van der Waals surface area contributed by atoms with Crippen molar-refractivity contribution in [1.29, 1.82) is 0 Å². The summed E-state index contributed by atoms with van der Waals surface area (Å²) >= 11 is 0. The summed E-state index contributed by atoms with van der Waals surface area (Å²) in [4.78, 5) is 22.2. The third-order valence-corrected chi connectivity index (χ3v) is 3.32. The van der Waals surface area contributed by atoms with E-state index in [1.54, 1.807) is 6.92 Å². The number of carbonyl (C=O) groups is 2. The second kappa shape index (κ2) is 7.20. The van der Waals surface area contributed by atoms with Crippen LogP contribution in [0.25, 0.3) is 0 Å². The lowest BCUT2D eigenvalue weighted by Gasteiger charge is -2.28. The molecule has 1 rings (SSSR count). The molecule has 1 heterocycles. The molecule has 3 N–H and O–H groups in total. The van der Waals surface area contributed by atoms with E-state index in [-0.39, 0.29) is 18.6 Å². The van der Waals surface area contributed by atoms with Gasteiger partial charge in [-0.15, -0.1) is 0 Å². The molecule has 2 atom stereocenters. The number of urea groups is 1. The zero-order chi connectivity index (χ0) is 13.5. The van der Waals surface area contributed by atoms with Crippen LogP contribution in [-0.4, -0.2) is 42.9 Å². The van der Waals surface area contributed by atoms with Crippen molar-refractivity contribution >= 4 is 12.0 Å². The molecule has 104 valence electrons. The molecule has 0 aromatic carbocycles. The number of carboxylic acid groups (broad SMARTS) is 1. The van der Waals surface area contributed by atoms with Gasteiger partial charge in [0.2, 0.25) is 0 Å². The van der Waals surface area contributed by atoms with Gasteiger partial charge in [0, 0.05) is 25.8 Å². The maximum atomic E-state index is 11.6. The molecular weight excluding hydrogens is 236 g/mol. The Morgan fingerprint density at radius 1 is 1.33 bits per heavy atom. The van der Waals surface area contributed by atoms with Crippen LogP contribution < -0.4 is 10.6 Å². The Labute approximate surface area is 107 Å². The van der Waals surface area contributed by atoms with Crippen LogP contribution in [0.3, 0.4) is 0 Å². The standard InChI is InChI=1S/C12H22N2O4/c1-8(11(15)16)7-13-12(17)14-9(2)10-3-5-18-6-4-10/h8-10H,3-7H2,1-2H3,(H,15,16)(H2,13,14,17). The zero-order valence-electron chi connectivity index (χ0n) is 10.9. The van der Waals surface area contributed by atoms with Gasteiger partial charge in [0.05, 0.1) is 5.92 Å². The number of nitrogens with one attached hydrogen (secondary N) is 2. The highest BCUT2D eigenvalue weighted by molar-refractivity contribution is 5.75. The molecule has 1 fully saturated rings. The van der Waals surface area contributed by atoms with E-state index in [4.69, 9.17) is 9.84 Å². The summed E-state index contributed by atoms with van der Waals surface area (Å²) in [5.41, 5.74) is 0. The Kier molecular flexibility index (Phi) is 5.91. The van der Waals surface area contributed by atoms with E-state index < -0.39 is 11.9 Å². The largest absolute Gasteiger partial charge is 0.481 e. The van der Waals surface area contributed by atoms with Crippen molar-refractivity contribution in [3.63, 3.8) is 0 Å². The van der Waals surface area contributed by atoms with E-state index in [0.29, 0.717) is 5.92 Å². The molecule has 1 saturated heterocycles. The van der Waals surface area contributed by atoms with Gasteiger partial charge >= 0.3 is 12.0 Å². The molecule has 2 unspecified atom stereocenters. The van der Waals surface area contributed by atoms with Gasteiger partial charge in [-0.1, -0.05) is 6.92 Å². The van der Waals surface area contributed by atoms with Crippen LogP contribution in [0.5, 0.6) is 0 Å². The average molecular weight is 258 g/mol. The minimum atomic E-state index is -0.909. The van der Waals surface area contributed by atoms with Gasteiger partial charge in [-0.3, -0.25) is 4.79 Å². The fourth-order valence-corrected chi connectivity index (χ4v) is 1.92. The highest BCUT2D eigenvalue weighted by Gasteiger charge is 2.22. The number of aliphatic carboxylic acids is 1. The lowest BCUT2D eigenvalue weighted by Crippen LogP contribution is -2.46. The van der Waals surface area contributed by atoms with Crippen LogP contribution >= 0.6 is 0 Å². The molecule has 0 saturated carbocycles. The first kappa shape index (κ1) is 14.8. The quantitative estimate of drug-likeness (QED) is 0.681. The lowest BCUT2D eigenvalue weighted by atomic mass is 9.93. The van der Waals surface area contributed by atoms with Gasteiger partial charge < -0.3 is 20.5 Å². The number of carboxylic acids is 1. The molecule has 0 aromatic heterocycles. The van der Waals surface area contributed by atoms with Gasteiger partial charge in [0.25, 0.3) is 0 Å². The van der Waals surface area contributed by atoms with Crippen molar-refractivity contribution in [2.45, 2.75) is 32.7 Å². The maximum absolute atomic E-state index is 11.6. The third kappa shape index (κ3) is 4.91. The summed E-state index contributed by atoms with van der Waals surface area (Å²) in [6.45, 7) is 5.16. The molecule has 0 bridgehead atoms. The van der Waals surface area contributed by atoms with E-state index in [2.05, 4.69) is 10.6 Å². The van der Waals surface area contributed by atoms with Gasteiger partial charge in [0.1, 0.15) is 0 Å². The van der Waals surface area contributed by atoms with Gasteiger partial charge in [-0.05, 0) is 25.7 Å². The minimum Gasteiger partial charge on any atom is -0.481 e. The van der Waals surface area contributed by atoms with Crippen LogP contribution in [-0.2, 0) is 9.53 Å². The van der Waals surface area contributed by atoms with E-state index >= 15 is 0 Å². The molecule has 6 heteroatoms. The first-order valence-corrected chi connectivity index (χ1v) is 6.35. The number of hydrogen-bond acceptors (Lipinski definition) is 3. The number of amides is 2. The van der Waals surface area contributed by atoms with Crippen molar-refractivity contribution in [3.05, 3.63) is 0 Å². The highest BCUT2D eigenvalue weighted by atomic mass is 16.5. The first-order chi connectivity index (χ1) is 8.50. The molecule has 2 amide bonds. The number of rotatable bonds is 5.